The van der Waals surface area contributed by atoms with E-state index < -0.39 is 17.4 Å². The van der Waals surface area contributed by atoms with Gasteiger partial charge in [0.25, 0.3) is 0 Å². The molecule has 0 unspecified atom stereocenters. The number of aryl methyl sites for hydroxylation is 1. The molecule has 1 aromatic rings. The SMILES string of the molecule is CCCCN1C(=O)[C@H]2[C@@H](C1=O)[C@@]1(C(=O)Nc3c1ccc(C)c3C)N1CCC[C@@H]21. The van der Waals surface area contributed by atoms with Gasteiger partial charge in [-0.2, -0.15) is 0 Å². The van der Waals surface area contributed by atoms with E-state index in [0.29, 0.717) is 6.54 Å². The molecule has 1 aromatic carbocycles. The van der Waals surface area contributed by atoms with Gasteiger partial charge in [-0.3, -0.25) is 24.2 Å². The van der Waals surface area contributed by atoms with Crippen molar-refractivity contribution in [2.45, 2.75) is 58.0 Å². The van der Waals surface area contributed by atoms with Crippen molar-refractivity contribution >= 4 is 23.4 Å². The molecule has 4 aliphatic rings. The van der Waals surface area contributed by atoms with E-state index in [1.54, 1.807) is 0 Å². The third-order valence-corrected chi connectivity index (χ3v) is 7.53. The summed E-state index contributed by atoms with van der Waals surface area (Å²) >= 11 is 0. The molecule has 0 radical (unpaired) electrons. The largest absolute Gasteiger partial charge is 0.324 e. The maximum absolute atomic E-state index is 13.5. The Morgan fingerprint density at radius 1 is 1.18 bits per heavy atom. The maximum Gasteiger partial charge on any atom is 0.250 e. The number of unbranched alkanes of at least 4 members (excludes halogenated alkanes) is 1. The minimum atomic E-state index is -1.03. The minimum absolute atomic E-state index is 0.0219. The number of hydrogen-bond acceptors (Lipinski definition) is 4. The molecule has 148 valence electrons. The fraction of sp³-hybridized carbons (Fsp3) is 0.591. The van der Waals surface area contributed by atoms with Crippen LogP contribution >= 0.6 is 0 Å². The zero-order chi connectivity index (χ0) is 19.8. The van der Waals surface area contributed by atoms with Crippen LogP contribution in [0.2, 0.25) is 0 Å². The van der Waals surface area contributed by atoms with Crippen molar-refractivity contribution in [3.8, 4) is 0 Å². The molecule has 0 saturated carbocycles. The monoisotopic (exact) mass is 381 g/mol. The lowest BCUT2D eigenvalue weighted by molar-refractivity contribution is -0.145. The third kappa shape index (κ3) is 1.89. The van der Waals surface area contributed by atoms with Gasteiger partial charge in [-0.05, 0) is 50.8 Å². The highest BCUT2D eigenvalue weighted by Gasteiger charge is 2.74. The summed E-state index contributed by atoms with van der Waals surface area (Å²) < 4.78 is 0. The standard InChI is InChI=1S/C22H27N3O3/c1-4-5-10-24-19(26)16-15-7-6-11-25(15)22(17(16)20(24)27)14-9-8-12(2)13(3)18(14)23-21(22)28/h8-9,15-17H,4-7,10-11H2,1-3H3,(H,23,28)/t15-,16+,17-,22-/m0/s1. The summed E-state index contributed by atoms with van der Waals surface area (Å²) in [5, 5.41) is 3.10. The van der Waals surface area contributed by atoms with Gasteiger partial charge in [-0.15, -0.1) is 0 Å². The van der Waals surface area contributed by atoms with Crippen LogP contribution in [0.5, 0.6) is 0 Å². The Kier molecular flexibility index (Phi) is 3.76. The van der Waals surface area contributed by atoms with Crippen molar-refractivity contribution in [1.82, 2.24) is 9.80 Å². The first-order chi connectivity index (χ1) is 13.4. The zero-order valence-corrected chi connectivity index (χ0v) is 16.7. The summed E-state index contributed by atoms with van der Waals surface area (Å²) in [6.07, 6.45) is 3.56. The van der Waals surface area contributed by atoms with Gasteiger partial charge in [0.05, 0.1) is 11.8 Å². The molecule has 6 nitrogen and oxygen atoms in total. The summed E-state index contributed by atoms with van der Waals surface area (Å²) in [6.45, 7) is 7.31. The molecule has 0 aromatic heterocycles. The number of nitrogens with zero attached hydrogens (tertiary/aromatic N) is 2. The molecule has 0 bridgehead atoms. The van der Waals surface area contributed by atoms with Crippen LogP contribution in [0.15, 0.2) is 12.1 Å². The summed E-state index contributed by atoms with van der Waals surface area (Å²) in [6, 6.07) is 4.01. The number of hydrogen-bond donors (Lipinski definition) is 1. The molecule has 3 amide bonds. The van der Waals surface area contributed by atoms with E-state index >= 15 is 0 Å². The number of benzene rings is 1. The number of fused-ring (bicyclic) bond motifs is 7. The predicted molar refractivity (Wildman–Crippen MR) is 105 cm³/mol. The number of likely N-dealkylation sites (tertiary alicyclic amines) is 1. The second-order valence-corrected chi connectivity index (χ2v) is 8.74. The van der Waals surface area contributed by atoms with E-state index in [0.717, 1.165) is 54.6 Å². The van der Waals surface area contributed by atoms with E-state index in [9.17, 15) is 14.4 Å². The molecule has 6 heteroatoms. The van der Waals surface area contributed by atoms with Crippen molar-refractivity contribution < 1.29 is 14.4 Å². The van der Waals surface area contributed by atoms with Crippen LogP contribution in [-0.4, -0.2) is 46.7 Å². The van der Waals surface area contributed by atoms with Crippen LogP contribution in [0.3, 0.4) is 0 Å². The Labute approximate surface area is 165 Å². The van der Waals surface area contributed by atoms with E-state index in [1.165, 1.54) is 4.90 Å². The normalized spacial score (nSPS) is 33.6. The van der Waals surface area contributed by atoms with Crippen LogP contribution in [-0.2, 0) is 19.9 Å². The molecule has 3 fully saturated rings. The van der Waals surface area contributed by atoms with Crippen LogP contribution < -0.4 is 5.32 Å². The van der Waals surface area contributed by atoms with Crippen molar-refractivity contribution in [3.63, 3.8) is 0 Å². The fourth-order valence-electron chi connectivity index (χ4n) is 6.12. The first-order valence-corrected chi connectivity index (χ1v) is 10.5. The number of imide groups is 1. The second kappa shape index (κ2) is 5.89. The average Bonchev–Trinajstić information content (AvgIpc) is 3.37. The lowest BCUT2D eigenvalue weighted by Crippen LogP contribution is -2.54. The number of anilines is 1. The Morgan fingerprint density at radius 2 is 1.96 bits per heavy atom. The summed E-state index contributed by atoms with van der Waals surface area (Å²) in [5.74, 6) is -1.36. The van der Waals surface area contributed by atoms with Crippen molar-refractivity contribution in [2.75, 3.05) is 18.4 Å². The molecular formula is C22H27N3O3. The molecule has 3 saturated heterocycles. The van der Waals surface area contributed by atoms with Crippen molar-refractivity contribution in [2.24, 2.45) is 11.8 Å². The van der Waals surface area contributed by atoms with Crippen LogP contribution in [0.25, 0.3) is 0 Å². The predicted octanol–water partition coefficient (Wildman–Crippen LogP) is 2.33. The number of nitrogens with one attached hydrogen (secondary N) is 1. The molecule has 5 rings (SSSR count). The average molecular weight is 381 g/mol. The van der Waals surface area contributed by atoms with Crippen LogP contribution in [0.4, 0.5) is 5.69 Å². The maximum atomic E-state index is 13.5. The molecule has 1 spiro atoms. The van der Waals surface area contributed by atoms with Crippen LogP contribution in [0.1, 0.15) is 49.3 Å². The molecule has 4 atom stereocenters. The highest BCUT2D eigenvalue weighted by atomic mass is 16.2. The molecule has 0 aliphatic carbocycles. The Morgan fingerprint density at radius 3 is 2.71 bits per heavy atom. The Balaban J connectivity index is 1.70. The number of amides is 3. The van der Waals surface area contributed by atoms with Crippen molar-refractivity contribution in [1.29, 1.82) is 0 Å². The van der Waals surface area contributed by atoms with Gasteiger partial charge >= 0.3 is 0 Å². The van der Waals surface area contributed by atoms with E-state index in [2.05, 4.69) is 17.1 Å². The molecule has 1 N–H and O–H groups in total. The number of carbonyl (C=O) groups is 3. The van der Waals surface area contributed by atoms with Crippen molar-refractivity contribution in [3.05, 3.63) is 28.8 Å². The number of carbonyl (C=O) groups excluding carboxylic acids is 3. The lowest BCUT2D eigenvalue weighted by atomic mass is 9.75. The molecule has 4 aliphatic heterocycles. The van der Waals surface area contributed by atoms with Gasteiger partial charge in [0.2, 0.25) is 17.7 Å². The van der Waals surface area contributed by atoms with Gasteiger partial charge in [0.1, 0.15) is 5.54 Å². The van der Waals surface area contributed by atoms with Gasteiger partial charge in [-0.1, -0.05) is 25.5 Å². The first-order valence-electron chi connectivity index (χ1n) is 10.5. The highest BCUT2D eigenvalue weighted by molar-refractivity contribution is 6.15. The summed E-state index contributed by atoms with van der Waals surface area (Å²) in [7, 11) is 0. The lowest BCUT2D eigenvalue weighted by Gasteiger charge is -2.36. The topological polar surface area (TPSA) is 69.7 Å². The van der Waals surface area contributed by atoms with E-state index in [-0.39, 0.29) is 23.8 Å². The Bertz CT molecular complexity index is 911. The van der Waals surface area contributed by atoms with Crippen LogP contribution in [0, 0.1) is 25.7 Å². The summed E-state index contributed by atoms with van der Waals surface area (Å²) in [4.78, 5) is 43.9. The molecule has 4 heterocycles. The quantitative estimate of drug-likeness (QED) is 0.816. The molecule has 28 heavy (non-hydrogen) atoms. The number of rotatable bonds is 3. The fourth-order valence-corrected chi connectivity index (χ4v) is 6.12. The first kappa shape index (κ1) is 17.9. The van der Waals surface area contributed by atoms with E-state index in [4.69, 9.17) is 0 Å². The van der Waals surface area contributed by atoms with Gasteiger partial charge < -0.3 is 5.32 Å². The molecular weight excluding hydrogens is 354 g/mol. The summed E-state index contributed by atoms with van der Waals surface area (Å²) in [5.41, 5.74) is 2.85. The third-order valence-electron chi connectivity index (χ3n) is 7.53. The van der Waals surface area contributed by atoms with E-state index in [1.807, 2.05) is 26.0 Å². The second-order valence-electron chi connectivity index (χ2n) is 8.74. The van der Waals surface area contributed by atoms with Gasteiger partial charge in [0, 0.05) is 23.8 Å². The Hall–Kier alpha value is -2.21. The van der Waals surface area contributed by atoms with Gasteiger partial charge in [0.15, 0.2) is 0 Å². The smallest absolute Gasteiger partial charge is 0.250 e. The van der Waals surface area contributed by atoms with Gasteiger partial charge in [-0.25, -0.2) is 0 Å². The zero-order valence-electron chi connectivity index (χ0n) is 16.7. The minimum Gasteiger partial charge on any atom is -0.324 e. The highest BCUT2D eigenvalue weighted by Crippen LogP contribution is 2.60.